The van der Waals surface area contributed by atoms with Crippen molar-refractivity contribution in [3.8, 4) is 11.5 Å². The van der Waals surface area contributed by atoms with E-state index in [2.05, 4.69) is 51.3 Å². The van der Waals surface area contributed by atoms with Gasteiger partial charge in [0.2, 0.25) is 0 Å². The monoisotopic (exact) mass is 550 g/mol. The second-order valence-electron chi connectivity index (χ2n) is 11.5. The first kappa shape index (κ1) is 28.5. The van der Waals surface area contributed by atoms with Gasteiger partial charge in [0.25, 0.3) is 0 Å². The number of nitrogens with zero attached hydrogens (tertiary/aromatic N) is 2. The van der Waals surface area contributed by atoms with E-state index in [0.29, 0.717) is 23.1 Å². The van der Waals surface area contributed by atoms with Crippen LogP contribution in [-0.4, -0.2) is 70.6 Å². The van der Waals surface area contributed by atoms with Gasteiger partial charge in [0.15, 0.2) is 0 Å². The van der Waals surface area contributed by atoms with Crippen LogP contribution >= 0.6 is 23.2 Å². The maximum atomic E-state index is 10.8. The van der Waals surface area contributed by atoms with Gasteiger partial charge in [0, 0.05) is 55.8 Å². The lowest BCUT2D eigenvalue weighted by Gasteiger charge is -2.36. The van der Waals surface area contributed by atoms with Crippen molar-refractivity contribution in [1.82, 2.24) is 9.80 Å². The summed E-state index contributed by atoms with van der Waals surface area (Å²) in [6.07, 6.45) is 0.541. The molecule has 204 valence electrons. The first-order valence-corrected chi connectivity index (χ1v) is 13.9. The first-order chi connectivity index (χ1) is 17.3. The average Bonchev–Trinajstić information content (AvgIpc) is 2.78. The molecule has 2 aromatic carbocycles. The molecule has 2 aliphatic heterocycles. The topological polar surface area (TPSA) is 65.4 Å². The highest BCUT2D eigenvalue weighted by molar-refractivity contribution is 6.32. The number of aromatic hydroxyl groups is 2. The van der Waals surface area contributed by atoms with Gasteiger partial charge >= 0.3 is 0 Å². The number of rotatable bonds is 6. The third-order valence-corrected chi connectivity index (χ3v) is 8.08. The van der Waals surface area contributed by atoms with Crippen LogP contribution in [0.1, 0.15) is 63.8 Å². The van der Waals surface area contributed by atoms with Gasteiger partial charge in [0.1, 0.15) is 11.5 Å². The molecule has 0 spiro atoms. The smallest absolute Gasteiger partial charge is 0.138 e. The van der Waals surface area contributed by atoms with E-state index in [4.69, 9.17) is 32.7 Å². The molecule has 0 saturated carbocycles. The van der Waals surface area contributed by atoms with Crippen LogP contribution in [0, 0.1) is 0 Å². The second kappa shape index (κ2) is 11.3. The molecule has 2 fully saturated rings. The minimum absolute atomic E-state index is 0.119. The molecule has 0 aliphatic carbocycles. The molecule has 2 heterocycles. The van der Waals surface area contributed by atoms with Crippen molar-refractivity contribution >= 4 is 23.2 Å². The third-order valence-electron chi connectivity index (χ3n) is 7.51. The van der Waals surface area contributed by atoms with E-state index >= 15 is 0 Å². The lowest BCUT2D eigenvalue weighted by molar-refractivity contribution is -0.0708. The number of ether oxygens (including phenoxy) is 2. The Balaban J connectivity index is 1.64. The molecule has 0 unspecified atom stereocenters. The van der Waals surface area contributed by atoms with Gasteiger partial charge in [-0.1, -0.05) is 37.0 Å². The second-order valence-corrected chi connectivity index (χ2v) is 12.3. The van der Waals surface area contributed by atoms with E-state index in [9.17, 15) is 10.2 Å². The van der Waals surface area contributed by atoms with E-state index in [1.807, 2.05) is 24.3 Å². The summed E-state index contributed by atoms with van der Waals surface area (Å²) >= 11 is 13.1. The van der Waals surface area contributed by atoms with Crippen LogP contribution < -0.4 is 0 Å². The van der Waals surface area contributed by atoms with Crippen molar-refractivity contribution in [3.05, 3.63) is 56.6 Å². The summed E-state index contributed by atoms with van der Waals surface area (Å²) in [5, 5.41) is 22.3. The van der Waals surface area contributed by atoms with Crippen LogP contribution in [0.15, 0.2) is 24.3 Å². The predicted molar refractivity (Wildman–Crippen MR) is 149 cm³/mol. The molecular formula is C29H40Cl2N2O4. The number of phenols is 2. The van der Waals surface area contributed by atoms with Gasteiger partial charge in [-0.2, -0.15) is 0 Å². The molecule has 0 bridgehead atoms. The molecular weight excluding hydrogens is 511 g/mol. The molecule has 37 heavy (non-hydrogen) atoms. The van der Waals surface area contributed by atoms with Gasteiger partial charge in [-0.15, -0.1) is 0 Å². The lowest BCUT2D eigenvalue weighted by Crippen LogP contribution is -2.44. The fraction of sp³-hybridized carbons (Fsp3) is 0.586. The molecule has 2 N–H and O–H groups in total. The molecule has 0 amide bonds. The SMILES string of the molecule is C[C@@H]1CN(Cc2cc(C(C)(C)c3cc(Cl)c(O)c(CN4C[C@@H](C)O[C@@H](C)C4)c3)cc(Cl)c2O)C[C@H](C)O1. The molecule has 2 saturated heterocycles. The molecule has 6 nitrogen and oxygen atoms in total. The molecule has 2 aromatic rings. The highest BCUT2D eigenvalue weighted by Gasteiger charge is 2.30. The van der Waals surface area contributed by atoms with Gasteiger partial charge in [-0.3, -0.25) is 9.80 Å². The van der Waals surface area contributed by atoms with Crippen LogP contribution in [0.25, 0.3) is 0 Å². The summed E-state index contributed by atoms with van der Waals surface area (Å²) in [5.41, 5.74) is 3.05. The van der Waals surface area contributed by atoms with Crippen LogP contribution in [0.3, 0.4) is 0 Å². The number of hydrogen-bond acceptors (Lipinski definition) is 6. The zero-order chi connectivity index (χ0) is 27.1. The van der Waals surface area contributed by atoms with E-state index < -0.39 is 5.41 Å². The van der Waals surface area contributed by atoms with Crippen molar-refractivity contribution in [3.63, 3.8) is 0 Å². The van der Waals surface area contributed by atoms with E-state index in [1.165, 1.54) is 0 Å². The van der Waals surface area contributed by atoms with Crippen LogP contribution in [-0.2, 0) is 28.0 Å². The maximum absolute atomic E-state index is 10.8. The number of morpholine rings is 2. The Morgan fingerprint density at radius 3 is 1.35 bits per heavy atom. The Labute approximate surface area is 231 Å². The summed E-state index contributed by atoms with van der Waals surface area (Å²) < 4.78 is 11.7. The third kappa shape index (κ3) is 6.55. The molecule has 0 radical (unpaired) electrons. The first-order valence-electron chi connectivity index (χ1n) is 13.1. The summed E-state index contributed by atoms with van der Waals surface area (Å²) in [6, 6.07) is 7.74. The minimum atomic E-state index is -0.477. The van der Waals surface area contributed by atoms with Crippen molar-refractivity contribution in [1.29, 1.82) is 0 Å². The molecule has 2 aliphatic rings. The lowest BCUT2D eigenvalue weighted by atomic mass is 9.77. The highest BCUT2D eigenvalue weighted by atomic mass is 35.5. The minimum Gasteiger partial charge on any atom is -0.506 e. The van der Waals surface area contributed by atoms with Crippen molar-refractivity contribution < 1.29 is 19.7 Å². The quantitative estimate of drug-likeness (QED) is 0.463. The Morgan fingerprint density at radius 1 is 0.703 bits per heavy atom. The van der Waals surface area contributed by atoms with Crippen LogP contribution in [0.2, 0.25) is 10.0 Å². The van der Waals surface area contributed by atoms with Crippen molar-refractivity contribution in [2.45, 2.75) is 84.5 Å². The zero-order valence-corrected chi connectivity index (χ0v) is 24.2. The molecule has 4 rings (SSSR count). The Bertz CT molecular complexity index is 1020. The van der Waals surface area contributed by atoms with Crippen molar-refractivity contribution in [2.75, 3.05) is 26.2 Å². The van der Waals surface area contributed by atoms with E-state index in [0.717, 1.165) is 48.4 Å². The molecule has 8 heteroatoms. The summed E-state index contributed by atoms with van der Waals surface area (Å²) in [4.78, 5) is 4.59. The molecule has 0 aromatic heterocycles. The Morgan fingerprint density at radius 2 is 1.03 bits per heavy atom. The van der Waals surface area contributed by atoms with Crippen LogP contribution in [0.5, 0.6) is 11.5 Å². The number of benzene rings is 2. The Hall–Kier alpha value is -1.54. The number of phenolic OH excluding ortho intramolecular Hbond substituents is 2. The maximum Gasteiger partial charge on any atom is 0.138 e. The molecule has 4 atom stereocenters. The van der Waals surface area contributed by atoms with Crippen molar-refractivity contribution in [2.24, 2.45) is 0 Å². The summed E-state index contributed by atoms with van der Waals surface area (Å²) in [6.45, 7) is 16.9. The van der Waals surface area contributed by atoms with Gasteiger partial charge < -0.3 is 19.7 Å². The zero-order valence-electron chi connectivity index (χ0n) is 22.7. The average molecular weight is 552 g/mol. The number of hydrogen-bond donors (Lipinski definition) is 2. The normalized spacial score (nSPS) is 25.9. The van der Waals surface area contributed by atoms with E-state index in [-0.39, 0.29) is 35.9 Å². The Kier molecular flexibility index (Phi) is 8.69. The predicted octanol–water partition coefficient (Wildman–Crippen LogP) is 5.95. The van der Waals surface area contributed by atoms with Crippen LogP contribution in [0.4, 0.5) is 0 Å². The summed E-state index contributed by atoms with van der Waals surface area (Å²) in [7, 11) is 0. The fourth-order valence-corrected chi connectivity index (χ4v) is 6.23. The van der Waals surface area contributed by atoms with E-state index in [1.54, 1.807) is 0 Å². The van der Waals surface area contributed by atoms with Gasteiger partial charge in [0.05, 0.1) is 34.5 Å². The van der Waals surface area contributed by atoms with Gasteiger partial charge in [-0.05, 0) is 63.1 Å². The highest BCUT2D eigenvalue weighted by Crippen LogP contribution is 2.41. The van der Waals surface area contributed by atoms with Gasteiger partial charge in [-0.25, -0.2) is 0 Å². The fourth-order valence-electron chi connectivity index (χ4n) is 5.75. The summed E-state index contributed by atoms with van der Waals surface area (Å²) in [5.74, 6) is 0.237. The standard InChI is InChI=1S/C29H40Cl2N2O4/c1-17-11-32(12-18(2)36-17)15-21-7-23(9-25(30)27(21)34)29(5,6)24-8-22(28(35)26(31)10-24)16-33-13-19(3)37-20(4)14-33/h7-10,17-20,34-35H,11-16H2,1-6H3/t17-,18+,19-,20+. The number of halogens is 2. The largest absolute Gasteiger partial charge is 0.506 e.